The molecule has 0 aliphatic carbocycles. The fourth-order valence-corrected chi connectivity index (χ4v) is 2.49. The first-order chi connectivity index (χ1) is 9.10. The molecule has 0 radical (unpaired) electrons. The highest BCUT2D eigenvalue weighted by Gasteiger charge is 2.18. The Morgan fingerprint density at radius 3 is 2.74 bits per heavy atom. The summed E-state index contributed by atoms with van der Waals surface area (Å²) in [5, 5.41) is 8.91. The molecule has 0 bridgehead atoms. The number of halogens is 1. The van der Waals surface area contributed by atoms with Gasteiger partial charge in [-0.1, -0.05) is 22.9 Å². The van der Waals surface area contributed by atoms with E-state index in [1.165, 1.54) is 0 Å². The molecular formula is C13H16BrNO4. The van der Waals surface area contributed by atoms with Crippen LogP contribution < -0.4 is 9.47 Å². The van der Waals surface area contributed by atoms with Gasteiger partial charge in [-0.3, -0.25) is 9.69 Å². The Kier molecular flexibility index (Phi) is 4.66. The van der Waals surface area contributed by atoms with Gasteiger partial charge in [0, 0.05) is 11.0 Å². The molecule has 1 aromatic carbocycles. The molecule has 0 saturated carbocycles. The van der Waals surface area contributed by atoms with Gasteiger partial charge in [-0.15, -0.1) is 0 Å². The zero-order chi connectivity index (χ0) is 13.8. The van der Waals surface area contributed by atoms with Gasteiger partial charge in [0.2, 0.25) is 6.79 Å². The van der Waals surface area contributed by atoms with E-state index < -0.39 is 5.97 Å². The number of aliphatic carboxylic acids is 1. The topological polar surface area (TPSA) is 59.0 Å². The summed E-state index contributed by atoms with van der Waals surface area (Å²) < 4.78 is 11.5. The van der Waals surface area contributed by atoms with E-state index in [2.05, 4.69) is 15.9 Å². The van der Waals surface area contributed by atoms with Gasteiger partial charge in [-0.05, 0) is 30.7 Å². The third-order valence-corrected chi connectivity index (χ3v) is 3.57. The molecule has 0 aromatic heterocycles. The van der Waals surface area contributed by atoms with Gasteiger partial charge in [-0.2, -0.15) is 0 Å². The van der Waals surface area contributed by atoms with Crippen LogP contribution in [0.25, 0.3) is 0 Å². The molecule has 0 unspecified atom stereocenters. The lowest BCUT2D eigenvalue weighted by molar-refractivity contribution is -0.138. The maximum absolute atomic E-state index is 10.8. The second-order valence-corrected chi connectivity index (χ2v) is 5.26. The third-order valence-electron chi connectivity index (χ3n) is 2.83. The zero-order valence-electron chi connectivity index (χ0n) is 10.7. The van der Waals surface area contributed by atoms with E-state index in [-0.39, 0.29) is 13.3 Å². The molecule has 1 heterocycles. The fourth-order valence-electron chi connectivity index (χ4n) is 2.04. The minimum absolute atomic E-state index is 0.0364. The number of fused-ring (bicyclic) bond motifs is 1. The zero-order valence-corrected chi connectivity index (χ0v) is 12.3. The molecule has 0 fully saturated rings. The van der Waals surface area contributed by atoms with Crippen LogP contribution in [0, 0.1) is 0 Å². The lowest BCUT2D eigenvalue weighted by Crippen LogP contribution is -2.30. The number of carboxylic acid groups (broad SMARTS) is 1. The molecule has 0 saturated heterocycles. The molecule has 2 rings (SSSR count). The maximum atomic E-state index is 10.8. The van der Waals surface area contributed by atoms with Crippen LogP contribution in [0.4, 0.5) is 0 Å². The van der Waals surface area contributed by atoms with Crippen LogP contribution in [-0.4, -0.2) is 35.9 Å². The quantitative estimate of drug-likeness (QED) is 0.868. The third kappa shape index (κ3) is 3.61. The summed E-state index contributed by atoms with van der Waals surface area (Å²) in [5.74, 6) is 0.617. The summed E-state index contributed by atoms with van der Waals surface area (Å²) in [5.41, 5.74) is 0.999. The second-order valence-electron chi connectivity index (χ2n) is 4.40. The smallest absolute Gasteiger partial charge is 0.317 e. The molecule has 6 heteroatoms. The molecule has 0 spiro atoms. The number of nitrogens with zero attached hydrogens (tertiary/aromatic N) is 1. The monoisotopic (exact) mass is 329 g/mol. The maximum Gasteiger partial charge on any atom is 0.317 e. The second kappa shape index (κ2) is 6.25. The van der Waals surface area contributed by atoms with Crippen LogP contribution in [0.1, 0.15) is 18.9 Å². The lowest BCUT2D eigenvalue weighted by Gasteiger charge is -2.20. The minimum Gasteiger partial charge on any atom is -0.480 e. The van der Waals surface area contributed by atoms with Gasteiger partial charge in [0.15, 0.2) is 11.5 Å². The standard InChI is InChI=1S/C13H16BrNO4/c1-2-3-15(7-13(16)17)6-9-4-11-12(5-10(9)14)19-8-18-11/h4-5H,2-3,6-8H2,1H3,(H,16,17). The first-order valence-corrected chi connectivity index (χ1v) is 6.91. The Hall–Kier alpha value is -1.27. The molecule has 0 amide bonds. The van der Waals surface area contributed by atoms with Gasteiger partial charge >= 0.3 is 5.97 Å². The summed E-state index contributed by atoms with van der Waals surface area (Å²) in [6, 6.07) is 3.76. The normalized spacial score (nSPS) is 13.0. The fraction of sp³-hybridized carbons (Fsp3) is 0.462. The van der Waals surface area contributed by atoms with Crippen LogP contribution in [-0.2, 0) is 11.3 Å². The minimum atomic E-state index is -0.815. The Morgan fingerprint density at radius 2 is 2.11 bits per heavy atom. The summed E-state index contributed by atoms with van der Waals surface area (Å²) in [4.78, 5) is 12.7. The number of carboxylic acids is 1. The van der Waals surface area contributed by atoms with E-state index in [4.69, 9.17) is 14.6 Å². The van der Waals surface area contributed by atoms with Gasteiger partial charge in [0.05, 0.1) is 6.54 Å². The molecule has 19 heavy (non-hydrogen) atoms. The van der Waals surface area contributed by atoms with Crippen molar-refractivity contribution in [3.05, 3.63) is 22.2 Å². The first kappa shape index (κ1) is 14.1. The van der Waals surface area contributed by atoms with Crippen LogP contribution in [0.15, 0.2) is 16.6 Å². The van der Waals surface area contributed by atoms with Crippen molar-refractivity contribution in [2.45, 2.75) is 19.9 Å². The van der Waals surface area contributed by atoms with Crippen molar-refractivity contribution in [1.82, 2.24) is 4.90 Å². The number of hydrogen-bond donors (Lipinski definition) is 1. The van der Waals surface area contributed by atoms with Gasteiger partial charge < -0.3 is 14.6 Å². The van der Waals surface area contributed by atoms with Gasteiger partial charge in [0.1, 0.15) is 0 Å². The van der Waals surface area contributed by atoms with Crippen molar-refractivity contribution in [3.8, 4) is 11.5 Å². The molecule has 0 atom stereocenters. The number of carbonyl (C=O) groups is 1. The largest absolute Gasteiger partial charge is 0.480 e. The molecule has 1 aromatic rings. The van der Waals surface area contributed by atoms with Gasteiger partial charge in [0.25, 0.3) is 0 Å². The summed E-state index contributed by atoms with van der Waals surface area (Å²) in [6.45, 7) is 3.61. The Balaban J connectivity index is 2.14. The predicted molar refractivity (Wildman–Crippen MR) is 73.5 cm³/mol. The van der Waals surface area contributed by atoms with E-state index in [1.807, 2.05) is 24.0 Å². The lowest BCUT2D eigenvalue weighted by atomic mass is 10.2. The molecular weight excluding hydrogens is 314 g/mol. The van der Waals surface area contributed by atoms with Crippen LogP contribution in [0.5, 0.6) is 11.5 Å². The summed E-state index contributed by atoms with van der Waals surface area (Å²) >= 11 is 3.49. The number of benzene rings is 1. The first-order valence-electron chi connectivity index (χ1n) is 6.12. The molecule has 1 aliphatic rings. The molecule has 104 valence electrons. The average molecular weight is 330 g/mol. The Morgan fingerprint density at radius 1 is 1.42 bits per heavy atom. The number of hydrogen-bond acceptors (Lipinski definition) is 4. The van der Waals surface area contributed by atoms with Crippen molar-refractivity contribution < 1.29 is 19.4 Å². The SMILES string of the molecule is CCCN(CC(=O)O)Cc1cc2c(cc1Br)OCO2. The van der Waals surface area contributed by atoms with Crippen molar-refractivity contribution in [1.29, 1.82) is 0 Å². The predicted octanol–water partition coefficient (Wildman–Crippen LogP) is 2.47. The van der Waals surface area contributed by atoms with E-state index in [9.17, 15) is 4.79 Å². The average Bonchev–Trinajstić information content (AvgIpc) is 2.76. The molecule has 1 aliphatic heterocycles. The Bertz CT molecular complexity index is 478. The van der Waals surface area contributed by atoms with E-state index in [1.54, 1.807) is 0 Å². The number of ether oxygens (including phenoxy) is 2. The highest BCUT2D eigenvalue weighted by molar-refractivity contribution is 9.10. The highest BCUT2D eigenvalue weighted by atomic mass is 79.9. The number of rotatable bonds is 6. The van der Waals surface area contributed by atoms with E-state index in [0.717, 1.165) is 28.8 Å². The van der Waals surface area contributed by atoms with Crippen LogP contribution in [0.2, 0.25) is 0 Å². The summed E-state index contributed by atoms with van der Waals surface area (Å²) in [6.07, 6.45) is 0.912. The van der Waals surface area contributed by atoms with E-state index in [0.29, 0.717) is 12.3 Å². The van der Waals surface area contributed by atoms with Crippen molar-refractivity contribution in [2.24, 2.45) is 0 Å². The van der Waals surface area contributed by atoms with Crippen molar-refractivity contribution >= 4 is 21.9 Å². The van der Waals surface area contributed by atoms with Crippen molar-refractivity contribution in [2.75, 3.05) is 19.9 Å². The highest BCUT2D eigenvalue weighted by Crippen LogP contribution is 2.37. The Labute approximate surface area is 120 Å². The van der Waals surface area contributed by atoms with Crippen LogP contribution >= 0.6 is 15.9 Å². The molecule has 5 nitrogen and oxygen atoms in total. The summed E-state index contributed by atoms with van der Waals surface area (Å²) in [7, 11) is 0. The van der Waals surface area contributed by atoms with Gasteiger partial charge in [-0.25, -0.2) is 0 Å². The van der Waals surface area contributed by atoms with E-state index >= 15 is 0 Å². The molecule has 1 N–H and O–H groups in total. The van der Waals surface area contributed by atoms with Crippen LogP contribution in [0.3, 0.4) is 0 Å². The van der Waals surface area contributed by atoms with Crippen molar-refractivity contribution in [3.63, 3.8) is 0 Å².